The summed E-state index contributed by atoms with van der Waals surface area (Å²) in [6.45, 7) is 3.35. The van der Waals surface area contributed by atoms with Crippen LogP contribution in [-0.4, -0.2) is 68.6 Å². The van der Waals surface area contributed by atoms with Crippen molar-refractivity contribution < 1.29 is 32.6 Å². The molecule has 0 bridgehead atoms. The lowest BCUT2D eigenvalue weighted by Crippen LogP contribution is -2.52. The topological polar surface area (TPSA) is 170 Å². The average molecular weight is 667 g/mol. The van der Waals surface area contributed by atoms with Crippen molar-refractivity contribution in [3.05, 3.63) is 86.7 Å². The standard InChI is InChI=1S/C35H31FN6O7/c1-19-39-40-32(48-19)29-25(6-3-20-8-11-46-12-9-20)38-31-30(33(43)42-10-13-47-18-35(31,42)45)28(29)22-5-7-26-27(15-22)49-34(44)41(26)17-21-2-4-23(16-37)24(36)14-21/h2,4-5,7,14-15,20,45H,3,6,8-13,17-18H2,1H3. The third kappa shape index (κ3) is 5.21. The van der Waals surface area contributed by atoms with E-state index in [4.69, 9.17) is 28.6 Å². The Bertz CT molecular complexity index is 2230. The number of hydrogen-bond acceptors (Lipinski definition) is 11. The van der Waals surface area contributed by atoms with Crippen LogP contribution in [0.3, 0.4) is 0 Å². The minimum atomic E-state index is -1.77. The second kappa shape index (κ2) is 12.0. The van der Waals surface area contributed by atoms with Crippen molar-refractivity contribution in [2.45, 2.75) is 44.9 Å². The number of ether oxygens (including phenoxy) is 2. The molecule has 8 rings (SSSR count). The molecule has 2 fully saturated rings. The van der Waals surface area contributed by atoms with Crippen LogP contribution in [0.25, 0.3) is 33.7 Å². The van der Waals surface area contributed by atoms with Gasteiger partial charge < -0.3 is 28.3 Å². The summed E-state index contributed by atoms with van der Waals surface area (Å²) in [4.78, 5) is 33.7. The van der Waals surface area contributed by atoms with Crippen LogP contribution in [0.4, 0.5) is 4.39 Å². The number of halogens is 1. The molecule has 14 heteroatoms. The summed E-state index contributed by atoms with van der Waals surface area (Å²) in [5.74, 6) is -0.865. The van der Waals surface area contributed by atoms with Crippen LogP contribution < -0.4 is 5.76 Å². The molecule has 2 saturated heterocycles. The molecule has 3 aliphatic rings. The molecule has 0 saturated carbocycles. The Balaban J connectivity index is 1.31. The summed E-state index contributed by atoms with van der Waals surface area (Å²) in [5, 5.41) is 29.5. The van der Waals surface area contributed by atoms with E-state index >= 15 is 0 Å². The van der Waals surface area contributed by atoms with E-state index < -0.39 is 23.2 Å². The molecular formula is C35H31FN6O7. The molecule has 6 heterocycles. The number of morpholine rings is 1. The van der Waals surface area contributed by atoms with Gasteiger partial charge in [0.1, 0.15) is 24.2 Å². The molecule has 13 nitrogen and oxygen atoms in total. The Kier molecular flexibility index (Phi) is 7.62. The van der Waals surface area contributed by atoms with Crippen molar-refractivity contribution in [2.24, 2.45) is 5.92 Å². The van der Waals surface area contributed by atoms with E-state index in [1.807, 2.05) is 0 Å². The number of fused-ring (bicyclic) bond motifs is 4. The van der Waals surface area contributed by atoms with Crippen molar-refractivity contribution in [3.63, 3.8) is 0 Å². The number of carbonyl (C=O) groups is 1. The molecular weight excluding hydrogens is 635 g/mol. The van der Waals surface area contributed by atoms with Crippen LogP contribution in [0.15, 0.2) is 50.0 Å². The Morgan fingerprint density at radius 3 is 2.63 bits per heavy atom. The summed E-state index contributed by atoms with van der Waals surface area (Å²) in [5.41, 5.74) is 1.63. The maximum Gasteiger partial charge on any atom is 0.420 e. The lowest BCUT2D eigenvalue weighted by molar-refractivity contribution is -0.171. The minimum Gasteiger partial charge on any atom is -0.421 e. The smallest absolute Gasteiger partial charge is 0.420 e. The molecule has 0 radical (unpaired) electrons. The fourth-order valence-electron chi connectivity index (χ4n) is 7.14. The molecule has 49 heavy (non-hydrogen) atoms. The van der Waals surface area contributed by atoms with E-state index in [1.165, 1.54) is 21.6 Å². The number of rotatable bonds is 7. The van der Waals surface area contributed by atoms with Gasteiger partial charge in [-0.25, -0.2) is 9.18 Å². The Morgan fingerprint density at radius 1 is 1.04 bits per heavy atom. The van der Waals surface area contributed by atoms with Crippen molar-refractivity contribution in [1.29, 1.82) is 5.26 Å². The summed E-state index contributed by atoms with van der Waals surface area (Å²) < 4.78 is 38.6. The number of benzene rings is 2. The molecule has 1 N–H and O–H groups in total. The molecule has 1 unspecified atom stereocenters. The summed E-state index contributed by atoms with van der Waals surface area (Å²) in [6, 6.07) is 11.1. The van der Waals surface area contributed by atoms with Gasteiger partial charge >= 0.3 is 5.76 Å². The number of oxazole rings is 1. The van der Waals surface area contributed by atoms with Gasteiger partial charge in [0.15, 0.2) is 5.58 Å². The Labute approximate surface area is 278 Å². The van der Waals surface area contributed by atoms with Gasteiger partial charge in [0.2, 0.25) is 17.5 Å². The number of aryl methyl sites for hydroxylation is 2. The number of hydrogen-bond donors (Lipinski definition) is 1. The quantitative estimate of drug-likeness (QED) is 0.266. The molecule has 0 spiro atoms. The number of aromatic nitrogens is 4. The van der Waals surface area contributed by atoms with Gasteiger partial charge in [-0.3, -0.25) is 14.3 Å². The van der Waals surface area contributed by atoms with Gasteiger partial charge in [0, 0.05) is 32.2 Å². The first-order valence-electron chi connectivity index (χ1n) is 16.1. The molecule has 2 aromatic carbocycles. The maximum atomic E-state index is 14.4. The van der Waals surface area contributed by atoms with Gasteiger partial charge in [-0.1, -0.05) is 12.1 Å². The van der Waals surface area contributed by atoms with E-state index in [0.29, 0.717) is 64.9 Å². The molecule has 3 aliphatic heterocycles. The van der Waals surface area contributed by atoms with Crippen molar-refractivity contribution in [1.82, 2.24) is 24.6 Å². The van der Waals surface area contributed by atoms with Crippen molar-refractivity contribution in [2.75, 3.05) is 33.0 Å². The van der Waals surface area contributed by atoms with Crippen LogP contribution >= 0.6 is 0 Å². The van der Waals surface area contributed by atoms with Crippen LogP contribution in [0.5, 0.6) is 0 Å². The number of carbonyl (C=O) groups excluding carboxylic acids is 1. The summed E-state index contributed by atoms with van der Waals surface area (Å²) >= 11 is 0. The first-order chi connectivity index (χ1) is 23.7. The van der Waals surface area contributed by atoms with Gasteiger partial charge in [-0.15, -0.1) is 10.2 Å². The second-order valence-corrected chi connectivity index (χ2v) is 12.6. The molecule has 1 amide bonds. The summed E-state index contributed by atoms with van der Waals surface area (Å²) in [6.07, 6.45) is 3.12. The number of amides is 1. The second-order valence-electron chi connectivity index (χ2n) is 12.6. The predicted octanol–water partition coefficient (Wildman–Crippen LogP) is 4.06. The SMILES string of the molecule is Cc1nnc(-c2c(CCC3CCOCC3)nc3c(c2-c2ccc4c(c2)oc(=O)n4Cc2ccc(C#N)c(F)c2)C(=O)N2CCOCC32O)o1. The van der Waals surface area contributed by atoms with E-state index in [0.717, 1.165) is 19.3 Å². The van der Waals surface area contributed by atoms with Crippen LogP contribution in [0.1, 0.15) is 58.0 Å². The molecule has 1 atom stereocenters. The largest absolute Gasteiger partial charge is 0.421 e. The fourth-order valence-corrected chi connectivity index (χ4v) is 7.14. The zero-order valence-corrected chi connectivity index (χ0v) is 26.6. The monoisotopic (exact) mass is 666 g/mol. The predicted molar refractivity (Wildman–Crippen MR) is 170 cm³/mol. The average Bonchev–Trinajstić information content (AvgIpc) is 3.74. The van der Waals surface area contributed by atoms with E-state index in [-0.39, 0.29) is 54.6 Å². The van der Waals surface area contributed by atoms with Crippen molar-refractivity contribution >= 4 is 17.0 Å². The molecule has 250 valence electrons. The third-order valence-electron chi connectivity index (χ3n) is 9.64. The fraction of sp³-hybridized carbons (Fsp3) is 0.371. The van der Waals surface area contributed by atoms with Gasteiger partial charge in [0.05, 0.1) is 41.1 Å². The number of nitriles is 1. The highest BCUT2D eigenvalue weighted by Crippen LogP contribution is 2.47. The number of nitrogens with zero attached hydrogens (tertiary/aromatic N) is 6. The maximum absolute atomic E-state index is 14.4. The van der Waals surface area contributed by atoms with Gasteiger partial charge in [0.25, 0.3) is 5.91 Å². The van der Waals surface area contributed by atoms with Crippen LogP contribution in [0, 0.1) is 30.0 Å². The Hall–Kier alpha value is -5.23. The highest BCUT2D eigenvalue weighted by molar-refractivity contribution is 6.09. The molecule has 5 aromatic rings. The third-order valence-corrected chi connectivity index (χ3v) is 9.64. The highest BCUT2D eigenvalue weighted by Gasteiger charge is 2.54. The van der Waals surface area contributed by atoms with E-state index in [9.17, 15) is 19.1 Å². The van der Waals surface area contributed by atoms with E-state index in [2.05, 4.69) is 10.2 Å². The highest BCUT2D eigenvalue weighted by atomic mass is 19.1. The lowest BCUT2D eigenvalue weighted by atomic mass is 9.88. The first kappa shape index (κ1) is 31.1. The van der Waals surface area contributed by atoms with Gasteiger partial charge in [-0.05, 0) is 67.0 Å². The first-order valence-corrected chi connectivity index (χ1v) is 16.1. The van der Waals surface area contributed by atoms with Crippen molar-refractivity contribution in [3.8, 4) is 28.7 Å². The van der Waals surface area contributed by atoms with Crippen LogP contribution in [0.2, 0.25) is 0 Å². The minimum absolute atomic E-state index is 0.00179. The molecule has 0 aliphatic carbocycles. The van der Waals surface area contributed by atoms with Gasteiger partial charge in [-0.2, -0.15) is 5.26 Å². The molecule has 3 aromatic heterocycles. The number of aliphatic hydroxyl groups is 1. The zero-order chi connectivity index (χ0) is 33.9. The summed E-state index contributed by atoms with van der Waals surface area (Å²) in [7, 11) is 0. The Morgan fingerprint density at radius 2 is 1.88 bits per heavy atom. The lowest BCUT2D eigenvalue weighted by Gasteiger charge is -2.37. The zero-order valence-electron chi connectivity index (χ0n) is 26.6. The van der Waals surface area contributed by atoms with Crippen LogP contribution in [-0.2, 0) is 28.2 Å². The number of pyridine rings is 1. The normalized spacial score (nSPS) is 19.3. The van der Waals surface area contributed by atoms with E-state index in [1.54, 1.807) is 37.3 Å².